The lowest BCUT2D eigenvalue weighted by molar-refractivity contribution is 0.589. The molecular formula is C25H23N5O2S2. The number of nitrogens with zero attached hydrogens (tertiary/aromatic N) is 5. The molecule has 34 heavy (non-hydrogen) atoms. The molecular weight excluding hydrogens is 466 g/mol. The van der Waals surface area contributed by atoms with Crippen molar-refractivity contribution in [3.8, 4) is 0 Å². The Morgan fingerprint density at radius 2 is 1.59 bits per heavy atom. The maximum Gasteiger partial charge on any atom is 0.264 e. The van der Waals surface area contributed by atoms with Gasteiger partial charge in [-0.25, -0.2) is 8.42 Å². The summed E-state index contributed by atoms with van der Waals surface area (Å²) in [7, 11) is -3.76. The highest BCUT2D eigenvalue weighted by Gasteiger charge is 2.26. The first-order chi connectivity index (χ1) is 16.5. The molecule has 1 aliphatic heterocycles. The molecule has 9 heteroatoms. The van der Waals surface area contributed by atoms with Crippen LogP contribution in [0.5, 0.6) is 0 Å². The molecule has 3 aromatic carbocycles. The van der Waals surface area contributed by atoms with Crippen LogP contribution in [0.1, 0.15) is 17.0 Å². The lowest BCUT2D eigenvalue weighted by Crippen LogP contribution is -2.33. The van der Waals surface area contributed by atoms with Gasteiger partial charge in [0.2, 0.25) is 5.16 Å². The smallest absolute Gasteiger partial charge is 0.264 e. The van der Waals surface area contributed by atoms with E-state index in [0.717, 1.165) is 16.8 Å². The third-order valence-electron chi connectivity index (χ3n) is 5.53. The summed E-state index contributed by atoms with van der Waals surface area (Å²) in [6.45, 7) is 2.14. The maximum absolute atomic E-state index is 13.6. The second-order valence-corrected chi connectivity index (χ2v) is 10.7. The molecule has 0 spiro atoms. The summed E-state index contributed by atoms with van der Waals surface area (Å²) < 4.78 is 30.3. The third-order valence-corrected chi connectivity index (χ3v) is 8.31. The van der Waals surface area contributed by atoms with Gasteiger partial charge in [-0.1, -0.05) is 78.0 Å². The molecule has 0 fully saturated rings. The van der Waals surface area contributed by atoms with Gasteiger partial charge in [-0.15, -0.1) is 10.2 Å². The number of rotatable bonds is 7. The van der Waals surface area contributed by atoms with Crippen LogP contribution in [0.25, 0.3) is 0 Å². The number of anilines is 1. The number of aromatic nitrogens is 3. The van der Waals surface area contributed by atoms with Crippen molar-refractivity contribution in [3.63, 3.8) is 0 Å². The van der Waals surface area contributed by atoms with Crippen LogP contribution in [0.4, 0.5) is 5.69 Å². The molecule has 2 heterocycles. The number of para-hydroxylation sites is 1. The van der Waals surface area contributed by atoms with Crippen LogP contribution in [-0.4, -0.2) is 41.3 Å². The van der Waals surface area contributed by atoms with Gasteiger partial charge in [0.15, 0.2) is 5.82 Å². The fraction of sp³-hybridized carbons (Fsp3) is 0.160. The number of hydrogen-bond acceptors (Lipinski definition) is 6. The number of benzene rings is 3. The van der Waals surface area contributed by atoms with Crippen LogP contribution in [-0.2, 0) is 16.4 Å². The van der Waals surface area contributed by atoms with Crippen LogP contribution in [0.15, 0.2) is 100 Å². The summed E-state index contributed by atoms with van der Waals surface area (Å²) in [5.41, 5.74) is 3.59. The minimum absolute atomic E-state index is 0.208. The summed E-state index contributed by atoms with van der Waals surface area (Å²) in [6, 6.07) is 26.0. The Balaban J connectivity index is 1.45. The van der Waals surface area contributed by atoms with E-state index in [1.54, 1.807) is 40.7 Å². The molecule has 0 saturated heterocycles. The molecule has 0 aliphatic carbocycles. The Bertz CT molecular complexity index is 1420. The predicted molar refractivity (Wildman–Crippen MR) is 135 cm³/mol. The van der Waals surface area contributed by atoms with Crippen molar-refractivity contribution < 1.29 is 8.42 Å². The summed E-state index contributed by atoms with van der Waals surface area (Å²) in [6.07, 6.45) is 0.360. The van der Waals surface area contributed by atoms with Gasteiger partial charge < -0.3 is 0 Å². The Kier molecular flexibility index (Phi) is 6.21. The van der Waals surface area contributed by atoms with Crippen LogP contribution < -0.4 is 4.31 Å². The van der Waals surface area contributed by atoms with Gasteiger partial charge in [0.25, 0.3) is 10.0 Å². The summed E-state index contributed by atoms with van der Waals surface area (Å²) in [4.78, 5) is 0.255. The van der Waals surface area contributed by atoms with Gasteiger partial charge >= 0.3 is 0 Å². The highest BCUT2D eigenvalue weighted by molar-refractivity contribution is 7.99. The lowest BCUT2D eigenvalue weighted by Gasteiger charge is -2.24. The Labute approximate surface area is 203 Å². The number of fused-ring (bicyclic) bond motifs is 1. The molecule has 0 amide bonds. The zero-order valence-electron chi connectivity index (χ0n) is 18.6. The molecule has 0 unspecified atom stereocenters. The van der Waals surface area contributed by atoms with E-state index in [1.165, 1.54) is 4.31 Å². The van der Waals surface area contributed by atoms with E-state index in [9.17, 15) is 8.42 Å². The fourth-order valence-electron chi connectivity index (χ4n) is 3.72. The molecule has 172 valence electrons. The van der Waals surface area contributed by atoms with Crippen molar-refractivity contribution in [3.05, 3.63) is 102 Å². The van der Waals surface area contributed by atoms with Crippen molar-refractivity contribution in [2.75, 3.05) is 16.6 Å². The molecule has 4 aromatic rings. The molecule has 5 rings (SSSR count). The first kappa shape index (κ1) is 22.4. The zero-order valence-corrected chi connectivity index (χ0v) is 20.2. The average molecular weight is 490 g/mol. The minimum atomic E-state index is -3.76. The van der Waals surface area contributed by atoms with Crippen molar-refractivity contribution >= 4 is 33.2 Å². The Morgan fingerprint density at radius 3 is 2.29 bits per heavy atom. The average Bonchev–Trinajstić information content (AvgIpc) is 3.28. The lowest BCUT2D eigenvalue weighted by atomic mass is 10.1. The fourth-order valence-corrected chi connectivity index (χ4v) is 6.04. The number of thioether (sulfide) groups is 1. The van der Waals surface area contributed by atoms with Gasteiger partial charge in [-0.2, -0.15) is 9.78 Å². The van der Waals surface area contributed by atoms with Crippen LogP contribution in [0.3, 0.4) is 0 Å². The highest BCUT2D eigenvalue weighted by atomic mass is 32.2. The first-order valence-electron chi connectivity index (χ1n) is 10.9. The molecule has 0 bridgehead atoms. The van der Waals surface area contributed by atoms with Gasteiger partial charge in [0.1, 0.15) is 0 Å². The SMILES string of the molecule is Cc1ccc(S(=O)(=O)N(CCc2nnc3n2N=C(c2ccccc2)CS3)c2ccccc2)cc1. The van der Waals surface area contributed by atoms with Crippen molar-refractivity contribution in [1.29, 1.82) is 0 Å². The van der Waals surface area contributed by atoms with Crippen molar-refractivity contribution in [2.45, 2.75) is 23.4 Å². The zero-order chi connectivity index (χ0) is 23.5. The quantitative estimate of drug-likeness (QED) is 0.385. The Hall–Kier alpha value is -3.43. The molecule has 1 aromatic heterocycles. The highest BCUT2D eigenvalue weighted by Crippen LogP contribution is 2.27. The minimum Gasteiger partial charge on any atom is -0.266 e. The van der Waals surface area contributed by atoms with Gasteiger partial charge in [0.05, 0.1) is 16.3 Å². The van der Waals surface area contributed by atoms with Crippen molar-refractivity contribution in [1.82, 2.24) is 14.9 Å². The van der Waals surface area contributed by atoms with E-state index >= 15 is 0 Å². The van der Waals surface area contributed by atoms with E-state index in [2.05, 4.69) is 10.2 Å². The number of hydrogen-bond donors (Lipinski definition) is 0. The van der Waals surface area contributed by atoms with Crippen LogP contribution >= 0.6 is 11.8 Å². The molecule has 7 nitrogen and oxygen atoms in total. The van der Waals surface area contributed by atoms with E-state index < -0.39 is 10.0 Å². The second-order valence-electron chi connectivity index (χ2n) is 7.89. The molecule has 1 aliphatic rings. The number of sulfonamides is 1. The predicted octanol–water partition coefficient (Wildman–Crippen LogP) is 4.38. The summed E-state index contributed by atoms with van der Waals surface area (Å²) >= 11 is 1.57. The summed E-state index contributed by atoms with van der Waals surface area (Å²) in [5.74, 6) is 1.33. The largest absolute Gasteiger partial charge is 0.266 e. The maximum atomic E-state index is 13.6. The normalized spacial score (nSPS) is 13.3. The topological polar surface area (TPSA) is 80.5 Å². The molecule has 0 radical (unpaired) electrons. The van der Waals surface area contributed by atoms with E-state index in [0.29, 0.717) is 28.8 Å². The van der Waals surface area contributed by atoms with Gasteiger partial charge in [-0.05, 0) is 36.8 Å². The van der Waals surface area contributed by atoms with Crippen molar-refractivity contribution in [2.24, 2.45) is 5.10 Å². The van der Waals surface area contributed by atoms with E-state index in [1.807, 2.05) is 67.6 Å². The number of aryl methyl sites for hydroxylation is 1. The standard InChI is InChI=1S/C25H23N5O2S2/c1-19-12-14-22(15-13-19)34(31,32)29(21-10-6-3-7-11-21)17-16-24-26-27-25-30(24)28-23(18-33-25)20-8-4-2-5-9-20/h2-15H,16-18H2,1H3. The van der Waals surface area contributed by atoms with Crippen LogP contribution in [0.2, 0.25) is 0 Å². The third kappa shape index (κ3) is 4.49. The molecule has 0 N–H and O–H groups in total. The Morgan fingerprint density at radius 1 is 0.912 bits per heavy atom. The first-order valence-corrected chi connectivity index (χ1v) is 13.3. The summed E-state index contributed by atoms with van der Waals surface area (Å²) in [5, 5.41) is 14.1. The van der Waals surface area contributed by atoms with Gasteiger partial charge in [-0.3, -0.25) is 4.31 Å². The second kappa shape index (κ2) is 9.44. The monoisotopic (exact) mass is 489 g/mol. The van der Waals surface area contributed by atoms with E-state index in [-0.39, 0.29) is 11.4 Å². The van der Waals surface area contributed by atoms with Gasteiger partial charge in [0, 0.05) is 18.7 Å². The van der Waals surface area contributed by atoms with Crippen LogP contribution in [0, 0.1) is 6.92 Å². The van der Waals surface area contributed by atoms with E-state index in [4.69, 9.17) is 5.10 Å². The molecule has 0 atom stereocenters. The molecule has 0 saturated carbocycles.